The van der Waals surface area contributed by atoms with Crippen LogP contribution >= 0.6 is 0 Å². The third kappa shape index (κ3) is 4.26. The minimum absolute atomic E-state index is 0.831. The van der Waals surface area contributed by atoms with Crippen LogP contribution in [0.3, 0.4) is 0 Å². The van der Waals surface area contributed by atoms with E-state index >= 15 is 0 Å². The predicted octanol–water partition coefficient (Wildman–Crippen LogP) is 4.62. The van der Waals surface area contributed by atoms with E-state index in [1.54, 1.807) is 0 Å². The summed E-state index contributed by atoms with van der Waals surface area (Å²) in [5.41, 5.74) is 0. The molecule has 0 spiro atoms. The molecule has 0 radical (unpaired) electrons. The third-order valence-corrected chi connectivity index (χ3v) is 5.45. The first kappa shape index (κ1) is 14.4. The first-order chi connectivity index (χ1) is 8.65. The Balaban J connectivity index is 1.63. The lowest BCUT2D eigenvalue weighted by Gasteiger charge is -2.33. The molecule has 0 aliphatic heterocycles. The van der Waals surface area contributed by atoms with Crippen LogP contribution < -0.4 is 5.32 Å². The second-order valence-electron chi connectivity index (χ2n) is 7.40. The van der Waals surface area contributed by atoms with Crippen LogP contribution in [0.5, 0.6) is 0 Å². The molecule has 106 valence electrons. The maximum Gasteiger partial charge on any atom is 0.00673 e. The highest BCUT2D eigenvalue weighted by Gasteiger charge is 2.24. The zero-order chi connectivity index (χ0) is 13.0. The van der Waals surface area contributed by atoms with Crippen molar-refractivity contribution in [2.24, 2.45) is 23.7 Å². The highest BCUT2D eigenvalue weighted by molar-refractivity contribution is 4.80. The molecule has 0 bridgehead atoms. The second-order valence-corrected chi connectivity index (χ2v) is 7.40. The summed E-state index contributed by atoms with van der Waals surface area (Å²) < 4.78 is 0. The highest BCUT2D eigenvalue weighted by Crippen LogP contribution is 2.31. The SMILES string of the molecule is CC1CCCC(CNC2CCC(C(C)C)CC2)C1. The van der Waals surface area contributed by atoms with E-state index in [1.165, 1.54) is 57.9 Å². The van der Waals surface area contributed by atoms with Crippen molar-refractivity contribution in [3.8, 4) is 0 Å². The molecule has 2 rings (SSSR count). The topological polar surface area (TPSA) is 12.0 Å². The van der Waals surface area contributed by atoms with Gasteiger partial charge in [0, 0.05) is 6.04 Å². The fourth-order valence-electron chi connectivity index (χ4n) is 4.07. The second kappa shape index (κ2) is 6.93. The molecule has 1 heteroatoms. The van der Waals surface area contributed by atoms with Crippen LogP contribution in [-0.2, 0) is 0 Å². The predicted molar refractivity (Wildman–Crippen MR) is 79.7 cm³/mol. The lowest BCUT2D eigenvalue weighted by atomic mass is 9.79. The Morgan fingerprint density at radius 1 is 1.00 bits per heavy atom. The summed E-state index contributed by atoms with van der Waals surface area (Å²) in [4.78, 5) is 0. The molecule has 2 atom stereocenters. The van der Waals surface area contributed by atoms with Crippen LogP contribution in [0.15, 0.2) is 0 Å². The van der Waals surface area contributed by atoms with Crippen molar-refractivity contribution in [2.45, 2.75) is 78.2 Å². The normalized spacial score (nSPS) is 38.0. The van der Waals surface area contributed by atoms with Gasteiger partial charge in [0.1, 0.15) is 0 Å². The van der Waals surface area contributed by atoms with Crippen molar-refractivity contribution >= 4 is 0 Å². The summed E-state index contributed by atoms with van der Waals surface area (Å²) in [5.74, 6) is 3.83. The maximum absolute atomic E-state index is 3.87. The van der Waals surface area contributed by atoms with Crippen molar-refractivity contribution < 1.29 is 0 Å². The Bertz CT molecular complexity index is 228. The molecule has 0 aromatic rings. The molecule has 2 unspecified atom stereocenters. The van der Waals surface area contributed by atoms with Gasteiger partial charge in [0.05, 0.1) is 0 Å². The van der Waals surface area contributed by atoms with E-state index in [0.29, 0.717) is 0 Å². The van der Waals surface area contributed by atoms with Gasteiger partial charge in [0.15, 0.2) is 0 Å². The largest absolute Gasteiger partial charge is 0.314 e. The van der Waals surface area contributed by atoms with Crippen molar-refractivity contribution in [2.75, 3.05) is 6.54 Å². The molecular formula is C17H33N. The molecule has 1 N–H and O–H groups in total. The van der Waals surface area contributed by atoms with E-state index in [0.717, 1.165) is 29.7 Å². The molecule has 2 saturated carbocycles. The van der Waals surface area contributed by atoms with Crippen LogP contribution in [0, 0.1) is 23.7 Å². The molecule has 2 fully saturated rings. The smallest absolute Gasteiger partial charge is 0.00673 e. The van der Waals surface area contributed by atoms with Crippen LogP contribution in [-0.4, -0.2) is 12.6 Å². The number of hydrogen-bond acceptors (Lipinski definition) is 1. The summed E-state index contributed by atoms with van der Waals surface area (Å²) in [7, 11) is 0. The van der Waals surface area contributed by atoms with E-state index in [2.05, 4.69) is 26.1 Å². The highest BCUT2D eigenvalue weighted by atomic mass is 14.9. The average molecular weight is 251 g/mol. The van der Waals surface area contributed by atoms with Gasteiger partial charge in [0.25, 0.3) is 0 Å². The monoisotopic (exact) mass is 251 g/mol. The quantitative estimate of drug-likeness (QED) is 0.769. The summed E-state index contributed by atoms with van der Waals surface area (Å²) in [6.07, 6.45) is 11.6. The Labute approximate surface area is 114 Å². The number of hydrogen-bond donors (Lipinski definition) is 1. The standard InChI is InChI=1S/C17H33N/c1-13(2)16-7-9-17(10-8-16)18-12-15-6-4-5-14(3)11-15/h13-18H,4-12H2,1-3H3. The Hall–Kier alpha value is -0.0400. The van der Waals surface area contributed by atoms with Crippen LogP contribution in [0.4, 0.5) is 0 Å². The molecule has 2 aliphatic rings. The molecular weight excluding hydrogens is 218 g/mol. The van der Waals surface area contributed by atoms with Crippen molar-refractivity contribution in [1.82, 2.24) is 5.32 Å². The number of nitrogens with one attached hydrogen (secondary N) is 1. The first-order valence-electron chi connectivity index (χ1n) is 8.38. The van der Waals surface area contributed by atoms with Gasteiger partial charge in [0.2, 0.25) is 0 Å². The third-order valence-electron chi connectivity index (χ3n) is 5.45. The zero-order valence-corrected chi connectivity index (χ0v) is 12.8. The Morgan fingerprint density at radius 3 is 2.33 bits per heavy atom. The Morgan fingerprint density at radius 2 is 1.72 bits per heavy atom. The van der Waals surface area contributed by atoms with Gasteiger partial charge in [-0.15, -0.1) is 0 Å². The Kier molecular flexibility index (Phi) is 5.54. The molecule has 1 nitrogen and oxygen atoms in total. The zero-order valence-electron chi connectivity index (χ0n) is 12.8. The lowest BCUT2D eigenvalue weighted by Crippen LogP contribution is -2.38. The minimum Gasteiger partial charge on any atom is -0.314 e. The molecule has 18 heavy (non-hydrogen) atoms. The molecule has 0 amide bonds. The maximum atomic E-state index is 3.87. The van der Waals surface area contributed by atoms with Crippen LogP contribution in [0.2, 0.25) is 0 Å². The summed E-state index contributed by atoms with van der Waals surface area (Å²) in [6, 6.07) is 0.831. The number of rotatable bonds is 4. The van der Waals surface area contributed by atoms with E-state index in [9.17, 15) is 0 Å². The molecule has 0 aromatic heterocycles. The lowest BCUT2D eigenvalue weighted by molar-refractivity contribution is 0.217. The van der Waals surface area contributed by atoms with Gasteiger partial charge in [-0.1, -0.05) is 33.6 Å². The van der Waals surface area contributed by atoms with Crippen molar-refractivity contribution in [3.05, 3.63) is 0 Å². The summed E-state index contributed by atoms with van der Waals surface area (Å²) >= 11 is 0. The van der Waals surface area contributed by atoms with E-state index in [-0.39, 0.29) is 0 Å². The molecule has 0 saturated heterocycles. The summed E-state index contributed by atoms with van der Waals surface area (Å²) in [5, 5.41) is 3.87. The van der Waals surface area contributed by atoms with Crippen LogP contribution in [0.25, 0.3) is 0 Å². The van der Waals surface area contributed by atoms with E-state index in [4.69, 9.17) is 0 Å². The molecule has 0 heterocycles. The van der Waals surface area contributed by atoms with Gasteiger partial charge >= 0.3 is 0 Å². The first-order valence-corrected chi connectivity index (χ1v) is 8.38. The fourth-order valence-corrected chi connectivity index (χ4v) is 4.07. The van der Waals surface area contributed by atoms with Gasteiger partial charge in [-0.3, -0.25) is 0 Å². The fraction of sp³-hybridized carbons (Fsp3) is 1.00. The van der Waals surface area contributed by atoms with E-state index in [1.807, 2.05) is 0 Å². The van der Waals surface area contributed by atoms with Crippen molar-refractivity contribution in [1.29, 1.82) is 0 Å². The van der Waals surface area contributed by atoms with Gasteiger partial charge in [-0.2, -0.15) is 0 Å². The van der Waals surface area contributed by atoms with Crippen LogP contribution in [0.1, 0.15) is 72.1 Å². The average Bonchev–Trinajstić information content (AvgIpc) is 2.37. The molecule has 0 aromatic carbocycles. The van der Waals surface area contributed by atoms with Gasteiger partial charge in [-0.25, -0.2) is 0 Å². The van der Waals surface area contributed by atoms with Gasteiger partial charge < -0.3 is 5.32 Å². The molecule has 2 aliphatic carbocycles. The minimum atomic E-state index is 0.831. The van der Waals surface area contributed by atoms with Gasteiger partial charge in [-0.05, 0) is 68.7 Å². The van der Waals surface area contributed by atoms with Crippen molar-refractivity contribution in [3.63, 3.8) is 0 Å². The summed E-state index contributed by atoms with van der Waals surface area (Å²) in [6.45, 7) is 8.50. The van der Waals surface area contributed by atoms with E-state index < -0.39 is 0 Å².